The van der Waals surface area contributed by atoms with E-state index in [0.29, 0.717) is 5.56 Å². The van der Waals surface area contributed by atoms with Gasteiger partial charge in [0.15, 0.2) is 18.3 Å². The third kappa shape index (κ3) is 9.04. The lowest BCUT2D eigenvalue weighted by molar-refractivity contribution is -0.177. The van der Waals surface area contributed by atoms with Crippen LogP contribution >= 0.6 is 0 Å². The van der Waals surface area contributed by atoms with Crippen LogP contribution in [0.4, 0.5) is 0 Å². The van der Waals surface area contributed by atoms with Crippen LogP contribution in [0.25, 0.3) is 0 Å². The summed E-state index contributed by atoms with van der Waals surface area (Å²) >= 11 is 0. The molecule has 1 saturated heterocycles. The van der Waals surface area contributed by atoms with Crippen LogP contribution in [0.5, 0.6) is 0 Å². The highest BCUT2D eigenvalue weighted by molar-refractivity contribution is 5.93. The second kappa shape index (κ2) is 15.9. The summed E-state index contributed by atoms with van der Waals surface area (Å²) in [6.45, 7) is 13.1. The Morgan fingerprint density at radius 1 is 0.556 bits per heavy atom. The lowest BCUT2D eigenvalue weighted by Crippen LogP contribution is -2.56. The third-order valence-corrected chi connectivity index (χ3v) is 7.99. The van der Waals surface area contributed by atoms with E-state index in [4.69, 9.17) is 14.2 Å². The zero-order valence-electron chi connectivity index (χ0n) is 28.3. The van der Waals surface area contributed by atoms with E-state index in [2.05, 4.69) is 0 Å². The number of nitrogens with zero attached hydrogens (tertiary/aromatic N) is 3. The van der Waals surface area contributed by atoms with E-state index in [1.807, 2.05) is 6.07 Å². The van der Waals surface area contributed by atoms with Crippen LogP contribution in [-0.4, -0.2) is 108 Å². The Kier molecular flexibility index (Phi) is 13.1. The Balaban J connectivity index is 2.67. The first-order chi connectivity index (χ1) is 20.9. The van der Waals surface area contributed by atoms with Gasteiger partial charge in [-0.25, -0.2) is 14.4 Å². The van der Waals surface area contributed by atoms with Crippen molar-refractivity contribution in [1.82, 2.24) is 14.7 Å². The van der Waals surface area contributed by atoms with Crippen molar-refractivity contribution in [3.05, 3.63) is 35.9 Å². The molecule has 1 fully saturated rings. The van der Waals surface area contributed by atoms with Gasteiger partial charge in [0.1, 0.15) is 18.1 Å². The Morgan fingerprint density at radius 3 is 1.24 bits per heavy atom. The predicted molar refractivity (Wildman–Crippen MR) is 165 cm³/mol. The van der Waals surface area contributed by atoms with E-state index in [1.54, 1.807) is 65.8 Å². The van der Waals surface area contributed by atoms with Crippen molar-refractivity contribution in [1.29, 1.82) is 0 Å². The highest BCUT2D eigenvalue weighted by Gasteiger charge is 2.42. The van der Waals surface area contributed by atoms with E-state index in [9.17, 15) is 28.8 Å². The number of hydrogen-bond donors (Lipinski definition) is 0. The van der Waals surface area contributed by atoms with Gasteiger partial charge in [0.2, 0.25) is 0 Å². The van der Waals surface area contributed by atoms with Gasteiger partial charge >= 0.3 is 17.9 Å². The van der Waals surface area contributed by atoms with Crippen LogP contribution in [0, 0.1) is 17.8 Å². The minimum Gasteiger partial charge on any atom is -0.451 e. The Labute approximate surface area is 266 Å². The van der Waals surface area contributed by atoms with Gasteiger partial charge in [-0.15, -0.1) is 0 Å². The summed E-state index contributed by atoms with van der Waals surface area (Å²) in [4.78, 5) is 84.9. The first-order valence-electron chi connectivity index (χ1n) is 15.4. The molecule has 0 N–H and O–H groups in total. The molecule has 1 aliphatic heterocycles. The number of carbonyl (C=O) groups excluding carboxylic acids is 6. The summed E-state index contributed by atoms with van der Waals surface area (Å²) < 4.78 is 16.9. The number of hydrogen-bond acceptors (Lipinski definition) is 9. The Morgan fingerprint density at radius 2 is 0.889 bits per heavy atom. The first kappa shape index (κ1) is 37.2. The number of carbonyl (C=O) groups is 6. The predicted octanol–water partition coefficient (Wildman–Crippen LogP) is 2.47. The molecule has 0 bridgehead atoms. The number of esters is 3. The number of benzene rings is 1. The molecular formula is C33H49N3O9. The van der Waals surface area contributed by atoms with E-state index in [1.165, 1.54) is 39.9 Å². The van der Waals surface area contributed by atoms with Gasteiger partial charge in [-0.1, -0.05) is 71.9 Å². The molecule has 0 aromatic heterocycles. The summed E-state index contributed by atoms with van der Waals surface area (Å²) in [5.41, 5.74) is 0.705. The summed E-state index contributed by atoms with van der Waals surface area (Å²) in [6, 6.07) is 5.56. The molecule has 12 nitrogen and oxygen atoms in total. The van der Waals surface area contributed by atoms with Gasteiger partial charge in [0.05, 0.1) is 0 Å². The molecule has 1 heterocycles. The maximum Gasteiger partial charge on any atom is 0.329 e. The lowest BCUT2D eigenvalue weighted by Gasteiger charge is -2.36. The van der Waals surface area contributed by atoms with Gasteiger partial charge in [-0.3, -0.25) is 14.4 Å². The molecule has 6 atom stereocenters. The average molecular weight is 632 g/mol. The standard InChI is InChI=1S/C33H49N3O9/c1-18(2)25-31(40)43-22(8)29(38)35(10)27(20(5)6)33(42)45-24(17-23-15-13-12-14-16-23)30(39)36(11)26(19(3)4)32(41)44-21(7)28(37)34(25)9/h12-16,18-22,24-27H,17H2,1-11H3. The fourth-order valence-electron chi connectivity index (χ4n) is 5.65. The number of rotatable bonds is 5. The van der Waals surface area contributed by atoms with Crippen molar-refractivity contribution in [2.45, 2.75) is 98.2 Å². The molecule has 0 radical (unpaired) electrons. The van der Waals surface area contributed by atoms with Gasteiger partial charge in [0.25, 0.3) is 17.7 Å². The minimum absolute atomic E-state index is 0.00236. The third-order valence-electron chi connectivity index (χ3n) is 7.99. The molecule has 0 aliphatic carbocycles. The molecule has 0 saturated carbocycles. The maximum absolute atomic E-state index is 14.0. The topological polar surface area (TPSA) is 140 Å². The molecule has 6 unspecified atom stereocenters. The van der Waals surface area contributed by atoms with Crippen LogP contribution in [0.2, 0.25) is 0 Å². The second-order valence-electron chi connectivity index (χ2n) is 12.7. The first-order valence-corrected chi connectivity index (χ1v) is 15.4. The molecule has 45 heavy (non-hydrogen) atoms. The van der Waals surface area contributed by atoms with Gasteiger partial charge < -0.3 is 28.9 Å². The van der Waals surface area contributed by atoms with E-state index in [0.717, 1.165) is 9.80 Å². The summed E-state index contributed by atoms with van der Waals surface area (Å²) in [7, 11) is 4.21. The largest absolute Gasteiger partial charge is 0.451 e. The molecule has 250 valence electrons. The van der Waals surface area contributed by atoms with Gasteiger partial charge in [0, 0.05) is 27.6 Å². The molecule has 0 spiro atoms. The molecule has 1 aromatic rings. The van der Waals surface area contributed by atoms with E-state index in [-0.39, 0.29) is 6.42 Å². The number of likely N-dealkylation sites (N-methyl/N-ethyl adjacent to an activating group) is 3. The van der Waals surface area contributed by atoms with Crippen molar-refractivity contribution < 1.29 is 43.0 Å². The zero-order valence-corrected chi connectivity index (χ0v) is 28.3. The molecule has 2 rings (SSSR count). The summed E-state index contributed by atoms with van der Waals surface area (Å²) in [6.07, 6.45) is -3.97. The fraction of sp³-hybridized carbons (Fsp3) is 0.636. The van der Waals surface area contributed by atoms with Gasteiger partial charge in [-0.2, -0.15) is 0 Å². The molecule has 1 aromatic carbocycles. The normalized spacial score (nSPS) is 27.0. The van der Waals surface area contributed by atoms with Crippen LogP contribution in [0.1, 0.15) is 61.0 Å². The number of cyclic esters (lactones) is 3. The number of amides is 3. The SMILES string of the molecule is CC1OC(=O)C(C(C)C)N(C)C(=O)C(C)OC(=O)C(C(C)C)N(C)C(=O)C(Cc2ccccc2)OC(=O)C(C(C)C)N(C)C1=O. The summed E-state index contributed by atoms with van der Waals surface area (Å²) in [5, 5.41) is 0. The van der Waals surface area contributed by atoms with Crippen LogP contribution < -0.4 is 0 Å². The van der Waals surface area contributed by atoms with Crippen molar-refractivity contribution in [3.8, 4) is 0 Å². The highest BCUT2D eigenvalue weighted by atomic mass is 16.6. The smallest absolute Gasteiger partial charge is 0.329 e. The van der Waals surface area contributed by atoms with Crippen LogP contribution in [0.15, 0.2) is 30.3 Å². The Bertz CT molecular complexity index is 1230. The van der Waals surface area contributed by atoms with Crippen LogP contribution in [0.3, 0.4) is 0 Å². The average Bonchev–Trinajstić information content (AvgIpc) is 2.94. The highest BCUT2D eigenvalue weighted by Crippen LogP contribution is 2.22. The van der Waals surface area contributed by atoms with E-state index >= 15 is 0 Å². The second-order valence-corrected chi connectivity index (χ2v) is 12.7. The van der Waals surface area contributed by atoms with E-state index < -0.39 is 89.8 Å². The van der Waals surface area contributed by atoms with Crippen molar-refractivity contribution in [2.75, 3.05) is 21.1 Å². The van der Waals surface area contributed by atoms with Crippen molar-refractivity contribution in [2.24, 2.45) is 17.8 Å². The fourth-order valence-corrected chi connectivity index (χ4v) is 5.65. The summed E-state index contributed by atoms with van der Waals surface area (Å²) in [5.74, 6) is -5.79. The monoisotopic (exact) mass is 631 g/mol. The molecule has 3 amide bonds. The molecule has 1 aliphatic rings. The Hall–Kier alpha value is -3.96. The van der Waals surface area contributed by atoms with Crippen LogP contribution in [-0.2, 0) is 49.4 Å². The maximum atomic E-state index is 14.0. The van der Waals surface area contributed by atoms with Crippen molar-refractivity contribution in [3.63, 3.8) is 0 Å². The minimum atomic E-state index is -1.35. The molecule has 12 heteroatoms. The quantitative estimate of drug-likeness (QED) is 0.354. The zero-order chi connectivity index (χ0) is 34.3. The number of ether oxygens (including phenoxy) is 3. The molecular weight excluding hydrogens is 582 g/mol. The van der Waals surface area contributed by atoms with Crippen molar-refractivity contribution >= 4 is 35.6 Å². The van der Waals surface area contributed by atoms with Gasteiger partial charge in [-0.05, 0) is 37.2 Å². The lowest BCUT2D eigenvalue weighted by atomic mass is 10.00.